The smallest absolute Gasteiger partial charge is 0.320 e. The maximum Gasteiger partial charge on any atom is 0.320 e. The second-order valence-corrected chi connectivity index (χ2v) is 7.10. The third kappa shape index (κ3) is 5.16. The Balaban J connectivity index is 0.00000272. The summed E-state index contributed by atoms with van der Waals surface area (Å²) in [4.78, 5) is 25.0. The molecule has 0 aliphatic carbocycles. The summed E-state index contributed by atoms with van der Waals surface area (Å²) in [6, 6.07) is 14.0. The van der Waals surface area contributed by atoms with Gasteiger partial charge in [0.15, 0.2) is 0 Å². The van der Waals surface area contributed by atoms with E-state index in [1.807, 2.05) is 50.6 Å². The quantitative estimate of drug-likeness (QED) is 0.456. The molecular formula is C24H24ClN5O. The van der Waals surface area contributed by atoms with Crippen molar-refractivity contribution in [1.82, 2.24) is 20.3 Å². The van der Waals surface area contributed by atoms with Crippen LogP contribution in [-0.2, 0) is 6.42 Å². The average molecular weight is 434 g/mol. The maximum absolute atomic E-state index is 12.0. The predicted molar refractivity (Wildman–Crippen MR) is 127 cm³/mol. The van der Waals surface area contributed by atoms with Gasteiger partial charge in [-0.05, 0) is 72.2 Å². The van der Waals surface area contributed by atoms with Crippen molar-refractivity contribution in [3.63, 3.8) is 0 Å². The number of benzene rings is 1. The molecule has 0 aliphatic heterocycles. The molecule has 0 spiro atoms. The van der Waals surface area contributed by atoms with Crippen molar-refractivity contribution < 1.29 is 4.79 Å². The molecule has 7 heteroatoms. The molecule has 0 aliphatic rings. The van der Waals surface area contributed by atoms with Gasteiger partial charge < -0.3 is 5.32 Å². The standard InChI is InChI=1S/C24H23N5O.ClH/c1-3-26-24(30)29-23-13-21-20(19-8-10-27-16(2)11-19)7-6-18(22(21)15-28-23)12-17-5-4-9-25-14-17;/h4-11,13-15H,3,12H2,1-2H3,(H2,26,28,29,30);1H. The van der Waals surface area contributed by atoms with Crippen molar-refractivity contribution >= 4 is 35.0 Å². The second kappa shape index (κ2) is 10.00. The zero-order chi connectivity index (χ0) is 20.9. The van der Waals surface area contributed by atoms with E-state index in [0.717, 1.165) is 45.1 Å². The number of hydrogen-bond donors (Lipinski definition) is 2. The molecule has 3 heterocycles. The zero-order valence-electron chi connectivity index (χ0n) is 17.4. The number of hydrogen-bond acceptors (Lipinski definition) is 4. The Hall–Kier alpha value is -3.51. The molecule has 3 aromatic heterocycles. The monoisotopic (exact) mass is 433 g/mol. The van der Waals surface area contributed by atoms with E-state index < -0.39 is 0 Å². The Morgan fingerprint density at radius 3 is 2.61 bits per heavy atom. The minimum absolute atomic E-state index is 0. The van der Waals surface area contributed by atoms with Gasteiger partial charge >= 0.3 is 6.03 Å². The molecule has 4 aromatic rings. The molecule has 0 bridgehead atoms. The van der Waals surface area contributed by atoms with Crippen LogP contribution in [0.5, 0.6) is 0 Å². The van der Waals surface area contributed by atoms with Crippen LogP contribution in [0, 0.1) is 6.92 Å². The first kappa shape index (κ1) is 22.2. The van der Waals surface area contributed by atoms with Gasteiger partial charge in [0.05, 0.1) is 0 Å². The van der Waals surface area contributed by atoms with Gasteiger partial charge in [0.25, 0.3) is 0 Å². The van der Waals surface area contributed by atoms with E-state index in [4.69, 9.17) is 0 Å². The van der Waals surface area contributed by atoms with Crippen LogP contribution in [0.4, 0.5) is 10.6 Å². The maximum atomic E-state index is 12.0. The van der Waals surface area contributed by atoms with E-state index in [1.165, 1.54) is 0 Å². The zero-order valence-corrected chi connectivity index (χ0v) is 18.2. The molecule has 31 heavy (non-hydrogen) atoms. The number of fused-ring (bicyclic) bond motifs is 1. The van der Waals surface area contributed by atoms with E-state index in [9.17, 15) is 4.79 Å². The number of aryl methyl sites for hydroxylation is 1. The minimum Gasteiger partial charge on any atom is -0.338 e. The lowest BCUT2D eigenvalue weighted by atomic mass is 9.94. The van der Waals surface area contributed by atoms with Crippen molar-refractivity contribution in [2.75, 3.05) is 11.9 Å². The number of urea groups is 1. The van der Waals surface area contributed by atoms with Gasteiger partial charge in [0, 0.05) is 42.4 Å². The average Bonchev–Trinajstić information content (AvgIpc) is 2.75. The summed E-state index contributed by atoms with van der Waals surface area (Å²) in [5, 5.41) is 7.63. The number of carbonyl (C=O) groups is 1. The Morgan fingerprint density at radius 1 is 1.00 bits per heavy atom. The topological polar surface area (TPSA) is 79.8 Å². The van der Waals surface area contributed by atoms with Gasteiger partial charge in [-0.3, -0.25) is 15.3 Å². The van der Waals surface area contributed by atoms with Crippen LogP contribution in [0.3, 0.4) is 0 Å². The Labute approximate surface area is 187 Å². The summed E-state index contributed by atoms with van der Waals surface area (Å²) < 4.78 is 0. The lowest BCUT2D eigenvalue weighted by molar-refractivity contribution is 0.252. The summed E-state index contributed by atoms with van der Waals surface area (Å²) in [5.74, 6) is 0.513. The van der Waals surface area contributed by atoms with Gasteiger partial charge in [0.2, 0.25) is 0 Å². The summed E-state index contributed by atoms with van der Waals surface area (Å²) in [7, 11) is 0. The molecule has 6 nitrogen and oxygen atoms in total. The van der Waals surface area contributed by atoms with Gasteiger partial charge in [-0.1, -0.05) is 18.2 Å². The van der Waals surface area contributed by atoms with Crippen molar-refractivity contribution in [1.29, 1.82) is 0 Å². The fraction of sp³-hybridized carbons (Fsp3) is 0.167. The van der Waals surface area contributed by atoms with E-state index in [1.54, 1.807) is 6.20 Å². The van der Waals surface area contributed by atoms with Crippen LogP contribution >= 0.6 is 12.4 Å². The van der Waals surface area contributed by atoms with Gasteiger partial charge in [0.1, 0.15) is 5.82 Å². The Morgan fingerprint density at radius 2 is 1.87 bits per heavy atom. The van der Waals surface area contributed by atoms with Crippen LogP contribution in [0.25, 0.3) is 21.9 Å². The van der Waals surface area contributed by atoms with Gasteiger partial charge in [-0.25, -0.2) is 9.78 Å². The molecule has 0 unspecified atom stereocenters. The Bertz CT molecular complexity index is 1200. The molecule has 0 atom stereocenters. The molecular weight excluding hydrogens is 410 g/mol. The molecule has 0 saturated heterocycles. The second-order valence-electron chi connectivity index (χ2n) is 7.10. The first-order chi connectivity index (χ1) is 14.6. The first-order valence-electron chi connectivity index (χ1n) is 9.92. The summed E-state index contributed by atoms with van der Waals surface area (Å²) >= 11 is 0. The molecule has 2 N–H and O–H groups in total. The normalized spacial score (nSPS) is 10.4. The number of halogens is 1. The van der Waals surface area contributed by atoms with Crippen molar-refractivity contribution in [3.8, 4) is 11.1 Å². The third-order valence-corrected chi connectivity index (χ3v) is 4.90. The molecule has 158 valence electrons. The molecule has 0 saturated carbocycles. The number of nitrogens with one attached hydrogen (secondary N) is 2. The molecule has 2 amide bonds. The molecule has 1 aromatic carbocycles. The van der Waals surface area contributed by atoms with E-state index in [0.29, 0.717) is 12.4 Å². The highest BCUT2D eigenvalue weighted by atomic mass is 35.5. The van der Waals surface area contributed by atoms with E-state index in [2.05, 4.69) is 49.9 Å². The minimum atomic E-state index is -0.267. The summed E-state index contributed by atoms with van der Waals surface area (Å²) in [6.45, 7) is 4.41. The fourth-order valence-electron chi connectivity index (χ4n) is 3.53. The van der Waals surface area contributed by atoms with Gasteiger partial charge in [-0.15, -0.1) is 12.4 Å². The number of anilines is 1. The molecule has 0 fully saturated rings. The lowest BCUT2D eigenvalue weighted by Crippen LogP contribution is -2.28. The number of aromatic nitrogens is 3. The van der Waals surface area contributed by atoms with Crippen molar-refractivity contribution in [2.24, 2.45) is 0 Å². The highest BCUT2D eigenvalue weighted by Gasteiger charge is 2.12. The predicted octanol–water partition coefficient (Wildman–Crippen LogP) is 5.15. The van der Waals surface area contributed by atoms with Crippen LogP contribution in [0.1, 0.15) is 23.7 Å². The summed E-state index contributed by atoms with van der Waals surface area (Å²) in [5.41, 5.74) is 5.40. The Kier molecular flexibility index (Phi) is 7.15. The number of amides is 2. The summed E-state index contributed by atoms with van der Waals surface area (Å²) in [6.07, 6.45) is 8.06. The van der Waals surface area contributed by atoms with Crippen molar-refractivity contribution in [2.45, 2.75) is 20.3 Å². The van der Waals surface area contributed by atoms with E-state index in [-0.39, 0.29) is 18.4 Å². The molecule has 0 radical (unpaired) electrons. The SMILES string of the molecule is CCNC(=O)Nc1cc2c(-c3ccnc(C)c3)ccc(Cc3cccnc3)c2cn1.Cl. The largest absolute Gasteiger partial charge is 0.338 e. The highest BCUT2D eigenvalue weighted by Crippen LogP contribution is 2.33. The first-order valence-corrected chi connectivity index (χ1v) is 9.92. The number of rotatable bonds is 5. The number of nitrogens with zero attached hydrogens (tertiary/aromatic N) is 3. The van der Waals surface area contributed by atoms with Gasteiger partial charge in [-0.2, -0.15) is 0 Å². The fourth-order valence-corrected chi connectivity index (χ4v) is 3.53. The molecule has 4 rings (SSSR count). The van der Waals surface area contributed by atoms with Crippen LogP contribution < -0.4 is 10.6 Å². The van der Waals surface area contributed by atoms with Crippen LogP contribution in [0.15, 0.2) is 67.3 Å². The number of carbonyl (C=O) groups excluding carboxylic acids is 1. The number of pyridine rings is 3. The third-order valence-electron chi connectivity index (χ3n) is 4.90. The van der Waals surface area contributed by atoms with Crippen molar-refractivity contribution in [3.05, 3.63) is 84.1 Å². The highest BCUT2D eigenvalue weighted by molar-refractivity contribution is 6.01. The lowest BCUT2D eigenvalue weighted by Gasteiger charge is -2.14. The van der Waals surface area contributed by atoms with E-state index >= 15 is 0 Å². The van der Waals surface area contributed by atoms with Crippen LogP contribution in [0.2, 0.25) is 0 Å². The van der Waals surface area contributed by atoms with Crippen LogP contribution in [-0.4, -0.2) is 27.5 Å².